The van der Waals surface area contributed by atoms with Gasteiger partial charge in [0.1, 0.15) is 5.75 Å². The van der Waals surface area contributed by atoms with Crippen molar-refractivity contribution in [2.24, 2.45) is 0 Å². The molecule has 0 aliphatic heterocycles. The lowest BCUT2D eigenvalue weighted by atomic mass is 10.2. The lowest BCUT2D eigenvalue weighted by molar-refractivity contribution is 0.470. The lowest BCUT2D eigenvalue weighted by Gasteiger charge is -2.04. The van der Waals surface area contributed by atoms with E-state index >= 15 is 0 Å². The number of nitrogens with two attached hydrogens (primary N) is 1. The molecule has 0 bridgehead atoms. The van der Waals surface area contributed by atoms with Crippen molar-refractivity contribution in [2.75, 3.05) is 5.73 Å². The van der Waals surface area contributed by atoms with E-state index in [4.69, 9.17) is 5.73 Å². The number of aryl methyl sites for hydroxylation is 1. The van der Waals surface area contributed by atoms with E-state index in [1.807, 2.05) is 43.3 Å². The Bertz CT molecular complexity index is 494. The summed E-state index contributed by atoms with van der Waals surface area (Å²) in [5.41, 5.74) is 7.28. The molecule has 0 heterocycles. The number of aromatic hydroxyl groups is 1. The van der Waals surface area contributed by atoms with Crippen molar-refractivity contribution in [2.45, 2.75) is 16.7 Å². The number of anilines is 1. The summed E-state index contributed by atoms with van der Waals surface area (Å²) in [4.78, 5) is 2.25. The third-order valence-electron chi connectivity index (χ3n) is 2.28. The van der Waals surface area contributed by atoms with Crippen LogP contribution in [0.4, 0.5) is 5.69 Å². The molecule has 0 atom stereocenters. The van der Waals surface area contributed by atoms with Gasteiger partial charge in [-0.15, -0.1) is 0 Å². The average molecular weight is 231 g/mol. The first-order chi connectivity index (χ1) is 7.65. The minimum absolute atomic E-state index is 0.335. The van der Waals surface area contributed by atoms with Crippen LogP contribution in [0.5, 0.6) is 5.75 Å². The molecule has 0 radical (unpaired) electrons. The zero-order valence-electron chi connectivity index (χ0n) is 8.97. The molecule has 0 aliphatic rings. The number of nitrogen functional groups attached to an aromatic ring is 1. The van der Waals surface area contributed by atoms with Crippen molar-refractivity contribution in [3.63, 3.8) is 0 Å². The Hall–Kier alpha value is -1.61. The first-order valence-corrected chi connectivity index (χ1v) is 5.80. The number of rotatable bonds is 2. The molecule has 0 unspecified atom stereocenters. The predicted molar refractivity (Wildman–Crippen MR) is 67.8 cm³/mol. The van der Waals surface area contributed by atoms with Gasteiger partial charge in [-0.05, 0) is 55.0 Å². The highest BCUT2D eigenvalue weighted by Gasteiger charge is 2.00. The summed E-state index contributed by atoms with van der Waals surface area (Å²) in [6.45, 7) is 1.89. The number of hydrogen-bond donors (Lipinski definition) is 2. The first kappa shape index (κ1) is 10.9. The maximum absolute atomic E-state index is 9.42. The highest BCUT2D eigenvalue weighted by molar-refractivity contribution is 7.99. The molecule has 0 fully saturated rings. The number of hydrogen-bond acceptors (Lipinski definition) is 3. The highest BCUT2D eigenvalue weighted by Crippen LogP contribution is 2.30. The fraction of sp³-hybridized carbons (Fsp3) is 0.0769. The SMILES string of the molecule is Cc1cc(Sc2ccc(N)cc2)ccc1O. The lowest BCUT2D eigenvalue weighted by Crippen LogP contribution is -1.82. The molecule has 82 valence electrons. The van der Waals surface area contributed by atoms with Crippen LogP contribution in [0.1, 0.15) is 5.56 Å². The fourth-order valence-corrected chi connectivity index (χ4v) is 2.28. The standard InChI is InChI=1S/C13H13NOS/c1-9-8-12(6-7-13(9)15)16-11-4-2-10(14)3-5-11/h2-8,15H,14H2,1H3. The molecule has 0 aliphatic carbocycles. The van der Waals surface area contributed by atoms with E-state index in [0.717, 1.165) is 21.0 Å². The summed E-state index contributed by atoms with van der Waals surface area (Å²) in [5.74, 6) is 0.335. The number of phenolic OH excluding ortho intramolecular Hbond substituents is 1. The summed E-state index contributed by atoms with van der Waals surface area (Å²) in [5, 5.41) is 9.42. The van der Waals surface area contributed by atoms with E-state index in [1.54, 1.807) is 17.8 Å². The van der Waals surface area contributed by atoms with E-state index in [1.165, 1.54) is 0 Å². The van der Waals surface area contributed by atoms with Crippen molar-refractivity contribution >= 4 is 17.4 Å². The maximum Gasteiger partial charge on any atom is 0.118 e. The second-order valence-electron chi connectivity index (χ2n) is 3.62. The van der Waals surface area contributed by atoms with Gasteiger partial charge in [0.15, 0.2) is 0 Å². The van der Waals surface area contributed by atoms with Gasteiger partial charge in [-0.3, -0.25) is 0 Å². The minimum atomic E-state index is 0.335. The number of benzene rings is 2. The van der Waals surface area contributed by atoms with Crippen LogP contribution in [0.15, 0.2) is 52.3 Å². The molecule has 0 spiro atoms. The third-order valence-corrected chi connectivity index (χ3v) is 3.28. The highest BCUT2D eigenvalue weighted by atomic mass is 32.2. The Balaban J connectivity index is 2.20. The minimum Gasteiger partial charge on any atom is -0.508 e. The van der Waals surface area contributed by atoms with Crippen LogP contribution < -0.4 is 5.73 Å². The molecule has 0 saturated carbocycles. The van der Waals surface area contributed by atoms with Crippen LogP contribution in [-0.4, -0.2) is 5.11 Å². The van der Waals surface area contributed by atoms with Crippen LogP contribution >= 0.6 is 11.8 Å². The summed E-state index contributed by atoms with van der Waals surface area (Å²) < 4.78 is 0. The van der Waals surface area contributed by atoms with Crippen LogP contribution in [-0.2, 0) is 0 Å². The number of phenols is 1. The zero-order chi connectivity index (χ0) is 11.5. The van der Waals surface area contributed by atoms with Gasteiger partial charge < -0.3 is 10.8 Å². The smallest absolute Gasteiger partial charge is 0.118 e. The maximum atomic E-state index is 9.42. The zero-order valence-corrected chi connectivity index (χ0v) is 9.79. The van der Waals surface area contributed by atoms with Crippen LogP contribution in [0.3, 0.4) is 0 Å². The average Bonchev–Trinajstić information content (AvgIpc) is 2.27. The van der Waals surface area contributed by atoms with Gasteiger partial charge in [0.25, 0.3) is 0 Å². The summed E-state index contributed by atoms with van der Waals surface area (Å²) >= 11 is 1.65. The molecule has 3 heteroatoms. The van der Waals surface area contributed by atoms with Crippen LogP contribution in [0, 0.1) is 6.92 Å². The van der Waals surface area contributed by atoms with E-state index in [9.17, 15) is 5.11 Å². The largest absolute Gasteiger partial charge is 0.508 e. The topological polar surface area (TPSA) is 46.2 Å². The normalized spacial score (nSPS) is 10.3. The fourth-order valence-electron chi connectivity index (χ4n) is 1.36. The van der Waals surface area contributed by atoms with E-state index in [2.05, 4.69) is 0 Å². The van der Waals surface area contributed by atoms with Crippen LogP contribution in [0.25, 0.3) is 0 Å². The molecule has 2 nitrogen and oxygen atoms in total. The van der Waals surface area contributed by atoms with Gasteiger partial charge >= 0.3 is 0 Å². The molecule has 0 amide bonds. The molecule has 16 heavy (non-hydrogen) atoms. The first-order valence-electron chi connectivity index (χ1n) is 4.98. The van der Waals surface area contributed by atoms with Gasteiger partial charge in [-0.25, -0.2) is 0 Å². The van der Waals surface area contributed by atoms with E-state index < -0.39 is 0 Å². The predicted octanol–water partition coefficient (Wildman–Crippen LogP) is 3.43. The summed E-state index contributed by atoms with van der Waals surface area (Å²) in [6.07, 6.45) is 0. The third kappa shape index (κ3) is 2.49. The molecule has 0 saturated heterocycles. The van der Waals surface area contributed by atoms with Crippen molar-refractivity contribution < 1.29 is 5.11 Å². The molecule has 0 aromatic heterocycles. The summed E-state index contributed by atoms with van der Waals surface area (Å²) in [7, 11) is 0. The quantitative estimate of drug-likeness (QED) is 0.778. The van der Waals surface area contributed by atoms with Gasteiger partial charge in [-0.2, -0.15) is 0 Å². The Labute approximate surface area is 99.1 Å². The van der Waals surface area contributed by atoms with E-state index in [0.29, 0.717) is 5.75 Å². The van der Waals surface area contributed by atoms with Crippen molar-refractivity contribution in [3.8, 4) is 5.75 Å². The van der Waals surface area contributed by atoms with Gasteiger partial charge in [0.05, 0.1) is 0 Å². The Morgan fingerprint density at radius 2 is 1.62 bits per heavy atom. The Morgan fingerprint density at radius 3 is 2.25 bits per heavy atom. The molecular weight excluding hydrogens is 218 g/mol. The molecular formula is C13H13NOS. The van der Waals surface area contributed by atoms with Crippen molar-refractivity contribution in [1.29, 1.82) is 0 Å². The Morgan fingerprint density at radius 1 is 1.00 bits per heavy atom. The molecule has 2 aromatic carbocycles. The van der Waals surface area contributed by atoms with Gasteiger partial charge in [-0.1, -0.05) is 11.8 Å². The molecule has 2 rings (SSSR count). The van der Waals surface area contributed by atoms with Crippen molar-refractivity contribution in [3.05, 3.63) is 48.0 Å². The summed E-state index contributed by atoms with van der Waals surface area (Å²) in [6, 6.07) is 13.3. The molecule has 2 aromatic rings. The molecule has 3 N–H and O–H groups in total. The second-order valence-corrected chi connectivity index (χ2v) is 4.77. The van der Waals surface area contributed by atoms with Gasteiger partial charge in [0.2, 0.25) is 0 Å². The Kier molecular flexibility index (Phi) is 3.06. The van der Waals surface area contributed by atoms with E-state index in [-0.39, 0.29) is 0 Å². The van der Waals surface area contributed by atoms with Crippen LogP contribution in [0.2, 0.25) is 0 Å². The second kappa shape index (κ2) is 4.49. The van der Waals surface area contributed by atoms with Gasteiger partial charge in [0, 0.05) is 15.5 Å². The van der Waals surface area contributed by atoms with Crippen molar-refractivity contribution in [1.82, 2.24) is 0 Å². The monoisotopic (exact) mass is 231 g/mol.